The topological polar surface area (TPSA) is 40.8 Å². The second-order valence-corrected chi connectivity index (χ2v) is 9.71. The van der Waals surface area contributed by atoms with E-state index >= 15 is 0 Å². The second kappa shape index (κ2) is 15.0. The van der Waals surface area contributed by atoms with E-state index in [1.165, 1.54) is 47.9 Å². The lowest BCUT2D eigenvalue weighted by atomic mass is 9.94. The molecule has 1 N–H and O–H groups in total. The van der Waals surface area contributed by atoms with Gasteiger partial charge in [-0.05, 0) is 54.0 Å². The molecule has 0 bridgehead atoms. The van der Waals surface area contributed by atoms with Gasteiger partial charge in [0.15, 0.2) is 0 Å². The van der Waals surface area contributed by atoms with Gasteiger partial charge in [0, 0.05) is 18.0 Å². The zero-order chi connectivity index (χ0) is 27.3. The quantitative estimate of drug-likeness (QED) is 0.194. The van der Waals surface area contributed by atoms with Gasteiger partial charge in [0.05, 0.1) is 5.52 Å². The average molecular weight is 508 g/mol. The Hall–Kier alpha value is -3.51. The van der Waals surface area contributed by atoms with Crippen LogP contribution in [0.15, 0.2) is 72.8 Å². The highest BCUT2D eigenvalue weighted by atomic mass is 15.1. The van der Waals surface area contributed by atoms with Crippen LogP contribution in [0.4, 0.5) is 5.82 Å². The summed E-state index contributed by atoms with van der Waals surface area (Å²) in [6, 6.07) is 28.8. The molecule has 3 heteroatoms. The van der Waals surface area contributed by atoms with Crippen LogP contribution < -0.4 is 5.32 Å². The molecule has 1 heterocycles. The minimum atomic E-state index is 0.356. The Balaban J connectivity index is 0.00000195. The van der Waals surface area contributed by atoms with E-state index in [0.717, 1.165) is 41.5 Å². The SMILES string of the molecule is CC.CCCCCCc1cc(CNc2c(C#N)c3ccccc3n2C(CC)CC)ccc1-c1ccccc1. The predicted octanol–water partition coefficient (Wildman–Crippen LogP) is 10.3. The third kappa shape index (κ3) is 6.67. The van der Waals surface area contributed by atoms with Crippen LogP contribution in [0.2, 0.25) is 0 Å². The molecule has 0 radical (unpaired) electrons. The number of anilines is 1. The van der Waals surface area contributed by atoms with Gasteiger partial charge in [-0.25, -0.2) is 0 Å². The number of para-hydroxylation sites is 1. The van der Waals surface area contributed by atoms with E-state index in [1.807, 2.05) is 19.9 Å². The van der Waals surface area contributed by atoms with Crippen molar-refractivity contribution >= 4 is 16.7 Å². The van der Waals surface area contributed by atoms with Crippen molar-refractivity contribution in [2.75, 3.05) is 5.32 Å². The first-order chi connectivity index (χ1) is 18.7. The summed E-state index contributed by atoms with van der Waals surface area (Å²) >= 11 is 0. The molecule has 0 amide bonds. The van der Waals surface area contributed by atoms with E-state index in [-0.39, 0.29) is 0 Å². The van der Waals surface area contributed by atoms with E-state index in [9.17, 15) is 5.26 Å². The third-order valence-corrected chi connectivity index (χ3v) is 7.34. The van der Waals surface area contributed by atoms with Crippen LogP contribution in [0.1, 0.15) is 95.9 Å². The molecule has 0 aliphatic rings. The molecular weight excluding hydrogens is 462 g/mol. The summed E-state index contributed by atoms with van der Waals surface area (Å²) in [4.78, 5) is 0. The molecule has 0 saturated carbocycles. The van der Waals surface area contributed by atoms with E-state index in [1.54, 1.807) is 0 Å². The van der Waals surface area contributed by atoms with Gasteiger partial charge in [-0.3, -0.25) is 0 Å². The maximum absolute atomic E-state index is 10.1. The van der Waals surface area contributed by atoms with Crippen LogP contribution in [0, 0.1) is 11.3 Å². The Bertz CT molecular complexity index is 1310. The summed E-state index contributed by atoms with van der Waals surface area (Å²) in [5, 5.41) is 14.8. The molecule has 0 aliphatic carbocycles. The van der Waals surface area contributed by atoms with Crippen LogP contribution in [0.25, 0.3) is 22.0 Å². The number of hydrogen-bond donors (Lipinski definition) is 1. The first-order valence-corrected chi connectivity index (χ1v) is 14.7. The minimum Gasteiger partial charge on any atom is -0.366 e. The number of aryl methyl sites for hydroxylation is 1. The standard InChI is InChI=1S/C33H39N3.C2H6/c1-4-7-8-10-17-27-22-25(20-21-29(27)26-15-11-9-12-16-26)24-35-33-31(23-34)30-18-13-14-19-32(30)36(33)28(5-2)6-3;1-2/h9,11-16,18-22,28,35H,4-8,10,17,24H2,1-3H3;1-2H3. The Labute approximate surface area is 230 Å². The summed E-state index contributed by atoms with van der Waals surface area (Å²) in [5.74, 6) is 0.948. The van der Waals surface area contributed by atoms with Crippen molar-refractivity contribution in [3.8, 4) is 17.2 Å². The molecule has 0 spiro atoms. The van der Waals surface area contributed by atoms with E-state index in [2.05, 4.69) is 103 Å². The second-order valence-electron chi connectivity index (χ2n) is 9.71. The smallest absolute Gasteiger partial charge is 0.125 e. The third-order valence-electron chi connectivity index (χ3n) is 7.34. The minimum absolute atomic E-state index is 0.356. The van der Waals surface area contributed by atoms with E-state index in [4.69, 9.17) is 0 Å². The van der Waals surface area contributed by atoms with Crippen LogP contribution in [0.5, 0.6) is 0 Å². The van der Waals surface area contributed by atoms with Gasteiger partial charge in [0.1, 0.15) is 17.5 Å². The number of aromatic nitrogens is 1. The average Bonchev–Trinajstić information content (AvgIpc) is 3.29. The van der Waals surface area contributed by atoms with Gasteiger partial charge in [-0.2, -0.15) is 5.26 Å². The zero-order valence-corrected chi connectivity index (χ0v) is 24.1. The fourth-order valence-electron chi connectivity index (χ4n) is 5.37. The van der Waals surface area contributed by atoms with E-state index in [0.29, 0.717) is 12.6 Å². The lowest BCUT2D eigenvalue weighted by molar-refractivity contribution is 0.489. The number of nitrogens with zero attached hydrogens (tertiary/aromatic N) is 2. The summed E-state index contributed by atoms with van der Waals surface area (Å²) in [6.45, 7) is 11.4. The molecule has 0 fully saturated rings. The zero-order valence-electron chi connectivity index (χ0n) is 24.1. The molecule has 4 rings (SSSR count). The van der Waals surface area contributed by atoms with Crippen molar-refractivity contribution in [1.29, 1.82) is 5.26 Å². The largest absolute Gasteiger partial charge is 0.366 e. The van der Waals surface area contributed by atoms with Crippen LogP contribution in [0.3, 0.4) is 0 Å². The Morgan fingerprint density at radius 2 is 1.55 bits per heavy atom. The first-order valence-electron chi connectivity index (χ1n) is 14.7. The predicted molar refractivity (Wildman–Crippen MR) is 165 cm³/mol. The molecule has 0 saturated heterocycles. The van der Waals surface area contributed by atoms with Crippen molar-refractivity contribution < 1.29 is 0 Å². The van der Waals surface area contributed by atoms with Crippen molar-refractivity contribution in [1.82, 2.24) is 4.57 Å². The summed E-state index contributed by atoms with van der Waals surface area (Å²) in [5.41, 5.74) is 7.17. The molecular formula is C35H45N3. The molecule has 38 heavy (non-hydrogen) atoms. The fraction of sp³-hybridized carbons (Fsp3) is 0.400. The molecule has 3 aromatic carbocycles. The summed E-state index contributed by atoms with van der Waals surface area (Å²) < 4.78 is 2.36. The lowest BCUT2D eigenvalue weighted by Crippen LogP contribution is -2.13. The molecule has 1 aromatic heterocycles. The van der Waals surface area contributed by atoms with Gasteiger partial charge in [0.2, 0.25) is 0 Å². The Kier molecular flexibility index (Phi) is 11.5. The van der Waals surface area contributed by atoms with Gasteiger partial charge in [-0.15, -0.1) is 0 Å². The molecule has 3 nitrogen and oxygen atoms in total. The number of unbranched alkanes of at least 4 members (excludes halogenated alkanes) is 3. The molecule has 4 aromatic rings. The molecule has 0 aliphatic heterocycles. The van der Waals surface area contributed by atoms with Crippen LogP contribution in [-0.2, 0) is 13.0 Å². The maximum atomic E-state index is 10.1. The van der Waals surface area contributed by atoms with Gasteiger partial charge >= 0.3 is 0 Å². The van der Waals surface area contributed by atoms with Crippen molar-refractivity contribution in [2.24, 2.45) is 0 Å². The van der Waals surface area contributed by atoms with Crippen LogP contribution >= 0.6 is 0 Å². The summed E-state index contributed by atoms with van der Waals surface area (Å²) in [7, 11) is 0. The van der Waals surface area contributed by atoms with Crippen molar-refractivity contribution in [2.45, 2.75) is 92.2 Å². The number of nitrogens with one attached hydrogen (secondary N) is 1. The molecule has 200 valence electrons. The number of hydrogen-bond acceptors (Lipinski definition) is 2. The lowest BCUT2D eigenvalue weighted by Gasteiger charge is -2.21. The fourth-order valence-corrected chi connectivity index (χ4v) is 5.37. The molecule has 0 unspecified atom stereocenters. The van der Waals surface area contributed by atoms with Gasteiger partial charge in [-0.1, -0.05) is 121 Å². The maximum Gasteiger partial charge on any atom is 0.125 e. The van der Waals surface area contributed by atoms with Crippen molar-refractivity contribution in [3.63, 3.8) is 0 Å². The Morgan fingerprint density at radius 3 is 2.24 bits per heavy atom. The number of benzene rings is 3. The molecule has 0 atom stereocenters. The highest BCUT2D eigenvalue weighted by Gasteiger charge is 2.21. The van der Waals surface area contributed by atoms with Gasteiger partial charge < -0.3 is 9.88 Å². The number of fused-ring (bicyclic) bond motifs is 1. The number of nitriles is 1. The highest BCUT2D eigenvalue weighted by Crippen LogP contribution is 2.35. The monoisotopic (exact) mass is 507 g/mol. The Morgan fingerprint density at radius 1 is 0.842 bits per heavy atom. The van der Waals surface area contributed by atoms with Gasteiger partial charge in [0.25, 0.3) is 0 Å². The van der Waals surface area contributed by atoms with Crippen LogP contribution in [-0.4, -0.2) is 4.57 Å². The summed E-state index contributed by atoms with van der Waals surface area (Å²) in [6.07, 6.45) is 8.18. The number of rotatable bonds is 12. The van der Waals surface area contributed by atoms with E-state index < -0.39 is 0 Å². The normalized spacial score (nSPS) is 10.8. The van der Waals surface area contributed by atoms with Crippen molar-refractivity contribution in [3.05, 3.63) is 89.5 Å². The highest BCUT2D eigenvalue weighted by molar-refractivity contribution is 5.92. The first kappa shape index (κ1) is 29.1.